The van der Waals surface area contributed by atoms with Gasteiger partial charge in [0.15, 0.2) is 0 Å². The zero-order valence-electron chi connectivity index (χ0n) is 14.9. The van der Waals surface area contributed by atoms with Gasteiger partial charge in [-0.05, 0) is 17.5 Å². The van der Waals surface area contributed by atoms with Crippen LogP contribution in [0.2, 0.25) is 0 Å². The predicted molar refractivity (Wildman–Crippen MR) is 100 cm³/mol. The molecule has 0 aliphatic carbocycles. The number of rotatable bonds is 4. The highest BCUT2D eigenvalue weighted by atomic mass is 16.2. The average molecular weight is 351 g/mol. The summed E-state index contributed by atoms with van der Waals surface area (Å²) in [6.45, 7) is 2.68. The van der Waals surface area contributed by atoms with Crippen molar-refractivity contribution in [1.29, 1.82) is 0 Å². The van der Waals surface area contributed by atoms with Gasteiger partial charge in [-0.1, -0.05) is 18.2 Å². The Morgan fingerprint density at radius 2 is 1.88 bits per heavy atom. The minimum Gasteiger partial charge on any atom is -0.329 e. The summed E-state index contributed by atoms with van der Waals surface area (Å²) >= 11 is 0. The SMILES string of the molecule is CN1CCN(CCn2ccnc2-c2cc3ccccc3n(C)c2=O)C1=O. The fourth-order valence-corrected chi connectivity index (χ4v) is 3.46. The number of urea groups is 1. The molecule has 7 heteroatoms. The number of nitrogens with zero attached hydrogens (tertiary/aromatic N) is 5. The highest BCUT2D eigenvalue weighted by molar-refractivity contribution is 5.83. The lowest BCUT2D eigenvalue weighted by Gasteiger charge is -2.17. The van der Waals surface area contributed by atoms with E-state index >= 15 is 0 Å². The summed E-state index contributed by atoms with van der Waals surface area (Å²) in [7, 11) is 3.59. The Morgan fingerprint density at radius 1 is 1.08 bits per heavy atom. The van der Waals surface area contributed by atoms with Crippen molar-refractivity contribution in [2.75, 3.05) is 26.7 Å². The average Bonchev–Trinajstić information content (AvgIpc) is 3.24. The van der Waals surface area contributed by atoms with Crippen molar-refractivity contribution in [2.45, 2.75) is 6.54 Å². The summed E-state index contributed by atoms with van der Waals surface area (Å²) in [6.07, 6.45) is 3.55. The third-order valence-corrected chi connectivity index (χ3v) is 5.00. The second-order valence-corrected chi connectivity index (χ2v) is 6.62. The number of pyridine rings is 1. The summed E-state index contributed by atoms with van der Waals surface area (Å²) in [5, 5.41) is 0.996. The lowest BCUT2D eigenvalue weighted by atomic mass is 10.1. The first-order chi connectivity index (χ1) is 12.6. The Balaban J connectivity index is 1.67. The van der Waals surface area contributed by atoms with E-state index in [0.29, 0.717) is 24.5 Å². The number of hydrogen-bond donors (Lipinski definition) is 0. The number of aryl methyl sites for hydroxylation is 1. The van der Waals surface area contributed by atoms with E-state index in [2.05, 4.69) is 4.98 Å². The minimum absolute atomic E-state index is 0.0493. The molecule has 0 spiro atoms. The third-order valence-electron chi connectivity index (χ3n) is 5.00. The number of likely N-dealkylation sites (N-methyl/N-ethyl adjacent to an activating group) is 1. The zero-order valence-corrected chi connectivity index (χ0v) is 14.9. The smallest absolute Gasteiger partial charge is 0.319 e. The highest BCUT2D eigenvalue weighted by Crippen LogP contribution is 2.20. The van der Waals surface area contributed by atoms with Crippen molar-refractivity contribution in [3.05, 3.63) is 53.1 Å². The first kappa shape index (κ1) is 16.4. The second kappa shape index (κ2) is 6.33. The summed E-state index contributed by atoms with van der Waals surface area (Å²) in [6, 6.07) is 9.75. The molecule has 1 aliphatic heterocycles. The van der Waals surface area contributed by atoms with Gasteiger partial charge in [-0.15, -0.1) is 0 Å². The molecule has 2 aromatic heterocycles. The van der Waals surface area contributed by atoms with Gasteiger partial charge in [0.1, 0.15) is 5.82 Å². The van der Waals surface area contributed by atoms with Gasteiger partial charge in [-0.25, -0.2) is 9.78 Å². The fourth-order valence-electron chi connectivity index (χ4n) is 3.46. The summed E-state index contributed by atoms with van der Waals surface area (Å²) in [4.78, 5) is 32.8. The Morgan fingerprint density at radius 3 is 2.65 bits per heavy atom. The number of amides is 2. The van der Waals surface area contributed by atoms with E-state index in [1.165, 1.54) is 0 Å². The van der Waals surface area contributed by atoms with E-state index in [4.69, 9.17) is 0 Å². The molecular weight excluding hydrogens is 330 g/mol. The summed E-state index contributed by atoms with van der Waals surface area (Å²) < 4.78 is 3.60. The molecule has 0 N–H and O–H groups in total. The first-order valence-corrected chi connectivity index (χ1v) is 8.66. The molecule has 3 heterocycles. The van der Waals surface area contributed by atoms with Crippen LogP contribution in [0.5, 0.6) is 0 Å². The molecule has 0 saturated carbocycles. The maximum absolute atomic E-state index is 12.8. The summed E-state index contributed by atoms with van der Waals surface area (Å²) in [5.41, 5.74) is 1.39. The largest absolute Gasteiger partial charge is 0.329 e. The standard InChI is InChI=1S/C19H21N5O2/c1-21-9-10-24(19(21)26)12-11-23-8-7-20-17(23)15-13-14-5-3-4-6-16(14)22(2)18(15)25/h3-8,13H,9-12H2,1-2H3. The van der Waals surface area contributed by atoms with Crippen LogP contribution in [0.1, 0.15) is 0 Å². The van der Waals surface area contributed by atoms with Gasteiger partial charge in [0.05, 0.1) is 11.1 Å². The maximum atomic E-state index is 12.8. The highest BCUT2D eigenvalue weighted by Gasteiger charge is 2.25. The van der Waals surface area contributed by atoms with Crippen LogP contribution in [-0.2, 0) is 13.6 Å². The molecule has 7 nitrogen and oxygen atoms in total. The third kappa shape index (κ3) is 2.65. The number of fused-ring (bicyclic) bond motifs is 1. The van der Waals surface area contributed by atoms with Crippen LogP contribution in [0.3, 0.4) is 0 Å². The minimum atomic E-state index is -0.0758. The van der Waals surface area contributed by atoms with Crippen LogP contribution < -0.4 is 5.56 Å². The molecular formula is C19H21N5O2. The molecule has 3 aromatic rings. The molecule has 4 rings (SSSR count). The molecule has 0 radical (unpaired) electrons. The topological polar surface area (TPSA) is 63.4 Å². The van der Waals surface area contributed by atoms with Crippen LogP contribution >= 0.6 is 0 Å². The molecule has 1 fully saturated rings. The van der Waals surface area contributed by atoms with Gasteiger partial charge >= 0.3 is 6.03 Å². The van der Waals surface area contributed by atoms with E-state index in [9.17, 15) is 9.59 Å². The quantitative estimate of drug-likeness (QED) is 0.720. The van der Waals surface area contributed by atoms with E-state index in [1.54, 1.807) is 22.7 Å². The van der Waals surface area contributed by atoms with Crippen molar-refractivity contribution in [3.8, 4) is 11.4 Å². The van der Waals surface area contributed by atoms with E-state index in [0.717, 1.165) is 24.0 Å². The fraction of sp³-hybridized carbons (Fsp3) is 0.316. The lowest BCUT2D eigenvalue weighted by molar-refractivity contribution is 0.197. The molecule has 0 bridgehead atoms. The number of aromatic nitrogens is 3. The predicted octanol–water partition coefficient (Wildman–Crippen LogP) is 1.77. The van der Waals surface area contributed by atoms with E-state index in [-0.39, 0.29) is 11.6 Å². The van der Waals surface area contributed by atoms with Gasteiger partial charge in [-0.3, -0.25) is 4.79 Å². The Hall–Kier alpha value is -3.09. The van der Waals surface area contributed by atoms with E-state index < -0.39 is 0 Å². The van der Waals surface area contributed by atoms with Gasteiger partial charge < -0.3 is 18.9 Å². The van der Waals surface area contributed by atoms with Crippen molar-refractivity contribution in [2.24, 2.45) is 7.05 Å². The van der Waals surface area contributed by atoms with Crippen LogP contribution in [-0.4, -0.2) is 56.6 Å². The molecule has 0 unspecified atom stereocenters. The molecule has 26 heavy (non-hydrogen) atoms. The molecule has 2 amide bonds. The van der Waals surface area contributed by atoms with E-state index in [1.807, 2.05) is 53.0 Å². The Bertz CT molecular complexity index is 1040. The second-order valence-electron chi connectivity index (χ2n) is 6.62. The molecule has 0 atom stereocenters. The van der Waals surface area contributed by atoms with Crippen molar-refractivity contribution < 1.29 is 4.79 Å². The Labute approximate surface area is 151 Å². The van der Waals surface area contributed by atoms with Gasteiger partial charge in [0.2, 0.25) is 0 Å². The molecule has 134 valence electrons. The van der Waals surface area contributed by atoms with Crippen LogP contribution in [0.15, 0.2) is 47.5 Å². The van der Waals surface area contributed by atoms with Gasteiger partial charge in [-0.2, -0.15) is 0 Å². The van der Waals surface area contributed by atoms with Crippen molar-refractivity contribution in [1.82, 2.24) is 23.9 Å². The molecule has 1 saturated heterocycles. The first-order valence-electron chi connectivity index (χ1n) is 8.66. The maximum Gasteiger partial charge on any atom is 0.319 e. The Kier molecular flexibility index (Phi) is 3.99. The normalized spacial score (nSPS) is 14.6. The zero-order chi connectivity index (χ0) is 18.3. The number of hydrogen-bond acceptors (Lipinski definition) is 3. The number of benzene rings is 1. The van der Waals surface area contributed by atoms with Gasteiger partial charge in [0.25, 0.3) is 5.56 Å². The van der Waals surface area contributed by atoms with Crippen LogP contribution in [0, 0.1) is 0 Å². The van der Waals surface area contributed by atoms with Crippen molar-refractivity contribution in [3.63, 3.8) is 0 Å². The number of imidazole rings is 1. The molecule has 1 aliphatic rings. The monoisotopic (exact) mass is 351 g/mol. The van der Waals surface area contributed by atoms with Crippen molar-refractivity contribution >= 4 is 16.9 Å². The molecule has 1 aromatic carbocycles. The number of carbonyl (C=O) groups excluding carboxylic acids is 1. The summed E-state index contributed by atoms with van der Waals surface area (Å²) in [5.74, 6) is 0.636. The van der Waals surface area contributed by atoms with Crippen LogP contribution in [0.4, 0.5) is 4.79 Å². The lowest BCUT2D eigenvalue weighted by Crippen LogP contribution is -2.32. The van der Waals surface area contributed by atoms with Crippen LogP contribution in [0.25, 0.3) is 22.3 Å². The number of carbonyl (C=O) groups is 1. The number of para-hydroxylation sites is 1. The van der Waals surface area contributed by atoms with Gasteiger partial charge in [0, 0.05) is 52.7 Å².